The number of hydrogen-bond donors (Lipinski definition) is 1. The Bertz CT molecular complexity index is 347. The smallest absolute Gasteiger partial charge is 0.0847 e. The van der Waals surface area contributed by atoms with Crippen LogP contribution in [0.3, 0.4) is 0 Å². The molecule has 0 saturated carbocycles. The van der Waals surface area contributed by atoms with Crippen LogP contribution in [0.4, 0.5) is 0 Å². The van der Waals surface area contributed by atoms with E-state index in [1.54, 1.807) is 0 Å². The van der Waals surface area contributed by atoms with Gasteiger partial charge in [0.05, 0.1) is 22.5 Å². The number of aromatic nitrogens is 2. The molecule has 1 heterocycles. The maximum Gasteiger partial charge on any atom is 0.0847 e. The predicted molar refractivity (Wildman–Crippen MR) is 66.8 cm³/mol. The fourth-order valence-electron chi connectivity index (χ4n) is 2.06. The van der Waals surface area contributed by atoms with Crippen molar-refractivity contribution in [2.45, 2.75) is 53.2 Å². The molecule has 0 bridgehead atoms. The highest BCUT2D eigenvalue weighted by atomic mass is 35.5. The molecule has 0 aromatic carbocycles. The summed E-state index contributed by atoms with van der Waals surface area (Å²) in [5.41, 5.74) is 1.98. The summed E-state index contributed by atoms with van der Waals surface area (Å²) in [6.07, 6.45) is 1.41. The lowest BCUT2D eigenvalue weighted by Crippen LogP contribution is -2.12. The number of hydrogen-bond acceptors (Lipinski definition) is 2. The molecule has 2 atom stereocenters. The third-order valence-corrected chi connectivity index (χ3v) is 3.23. The van der Waals surface area contributed by atoms with Crippen LogP contribution in [0.1, 0.15) is 38.6 Å². The minimum absolute atomic E-state index is 0.257. The van der Waals surface area contributed by atoms with Crippen molar-refractivity contribution in [3.05, 3.63) is 16.4 Å². The van der Waals surface area contributed by atoms with Crippen LogP contribution in [0, 0.1) is 12.8 Å². The number of nitrogens with zero attached hydrogens (tertiary/aromatic N) is 2. The van der Waals surface area contributed by atoms with Gasteiger partial charge < -0.3 is 5.11 Å². The Labute approximate surface area is 102 Å². The van der Waals surface area contributed by atoms with E-state index in [1.165, 1.54) is 0 Å². The van der Waals surface area contributed by atoms with E-state index in [9.17, 15) is 5.11 Å². The summed E-state index contributed by atoms with van der Waals surface area (Å²) in [7, 11) is 0. The molecular formula is C12H21ClN2O. The van der Waals surface area contributed by atoms with Gasteiger partial charge in [-0.25, -0.2) is 0 Å². The second-order valence-corrected chi connectivity index (χ2v) is 4.93. The highest BCUT2D eigenvalue weighted by Crippen LogP contribution is 2.24. The van der Waals surface area contributed by atoms with Crippen molar-refractivity contribution < 1.29 is 5.11 Å². The van der Waals surface area contributed by atoms with Crippen LogP contribution in [0.5, 0.6) is 0 Å². The van der Waals surface area contributed by atoms with Crippen molar-refractivity contribution in [2.75, 3.05) is 0 Å². The lowest BCUT2D eigenvalue weighted by molar-refractivity contribution is 0.163. The summed E-state index contributed by atoms with van der Waals surface area (Å²) < 4.78 is 1.95. The third-order valence-electron chi connectivity index (χ3n) is 2.74. The SMILES string of the molecule is CCn1nc(C)c(Cl)c1CC(C)CC(C)O. The number of rotatable bonds is 5. The van der Waals surface area contributed by atoms with E-state index < -0.39 is 0 Å². The fraction of sp³-hybridized carbons (Fsp3) is 0.750. The van der Waals surface area contributed by atoms with Gasteiger partial charge in [0.25, 0.3) is 0 Å². The molecule has 3 nitrogen and oxygen atoms in total. The number of aliphatic hydroxyl groups excluding tert-OH is 1. The normalized spacial score (nSPS) is 15.1. The number of halogens is 1. The Hall–Kier alpha value is -0.540. The molecule has 0 radical (unpaired) electrons. The fourth-order valence-corrected chi connectivity index (χ4v) is 2.27. The molecule has 2 unspecified atom stereocenters. The summed E-state index contributed by atoms with van der Waals surface area (Å²) in [4.78, 5) is 0. The molecule has 0 saturated heterocycles. The molecule has 0 fully saturated rings. The minimum Gasteiger partial charge on any atom is -0.393 e. The molecule has 1 N–H and O–H groups in total. The van der Waals surface area contributed by atoms with Crippen LogP contribution < -0.4 is 0 Å². The molecule has 0 aliphatic carbocycles. The molecule has 1 aromatic rings. The summed E-state index contributed by atoms with van der Waals surface area (Å²) >= 11 is 6.23. The number of aryl methyl sites for hydroxylation is 2. The highest BCUT2D eigenvalue weighted by Gasteiger charge is 2.16. The van der Waals surface area contributed by atoms with E-state index in [4.69, 9.17) is 11.6 Å². The van der Waals surface area contributed by atoms with E-state index in [0.717, 1.165) is 35.8 Å². The van der Waals surface area contributed by atoms with Gasteiger partial charge in [0.1, 0.15) is 0 Å². The van der Waals surface area contributed by atoms with Gasteiger partial charge in [0, 0.05) is 6.54 Å². The van der Waals surface area contributed by atoms with Gasteiger partial charge >= 0.3 is 0 Å². The zero-order chi connectivity index (χ0) is 12.3. The van der Waals surface area contributed by atoms with Crippen molar-refractivity contribution in [3.8, 4) is 0 Å². The lowest BCUT2D eigenvalue weighted by Gasteiger charge is -2.14. The van der Waals surface area contributed by atoms with Crippen LogP contribution >= 0.6 is 11.6 Å². The first kappa shape index (κ1) is 13.5. The Morgan fingerprint density at radius 1 is 1.44 bits per heavy atom. The third kappa shape index (κ3) is 3.22. The van der Waals surface area contributed by atoms with Crippen LogP contribution in [0.15, 0.2) is 0 Å². The van der Waals surface area contributed by atoms with Gasteiger partial charge in [-0.15, -0.1) is 0 Å². The van der Waals surface area contributed by atoms with Crippen LogP contribution in [-0.4, -0.2) is 21.0 Å². The minimum atomic E-state index is -0.257. The predicted octanol–water partition coefficient (Wildman–Crippen LogP) is 2.81. The zero-order valence-corrected chi connectivity index (χ0v) is 11.3. The average molecular weight is 245 g/mol. The van der Waals surface area contributed by atoms with E-state index >= 15 is 0 Å². The Morgan fingerprint density at radius 2 is 2.06 bits per heavy atom. The Balaban J connectivity index is 2.79. The van der Waals surface area contributed by atoms with Crippen LogP contribution in [0.2, 0.25) is 5.02 Å². The summed E-state index contributed by atoms with van der Waals surface area (Å²) in [5.74, 6) is 0.416. The molecular weight excluding hydrogens is 224 g/mol. The lowest BCUT2D eigenvalue weighted by atomic mass is 9.99. The first-order valence-corrected chi connectivity index (χ1v) is 6.23. The first-order valence-electron chi connectivity index (χ1n) is 5.85. The van der Waals surface area contributed by atoms with Gasteiger partial charge in [0.15, 0.2) is 0 Å². The van der Waals surface area contributed by atoms with Crippen molar-refractivity contribution in [1.82, 2.24) is 9.78 Å². The van der Waals surface area contributed by atoms with Gasteiger partial charge in [-0.3, -0.25) is 4.68 Å². The summed E-state index contributed by atoms with van der Waals surface area (Å²) in [6.45, 7) is 8.78. The van der Waals surface area contributed by atoms with Gasteiger partial charge in [-0.05, 0) is 39.5 Å². The molecule has 4 heteroatoms. The molecule has 0 amide bonds. The molecule has 16 heavy (non-hydrogen) atoms. The Kier molecular flexibility index (Phi) is 4.81. The molecule has 1 aromatic heterocycles. The van der Waals surface area contributed by atoms with Crippen molar-refractivity contribution in [3.63, 3.8) is 0 Å². The first-order chi connectivity index (χ1) is 7.45. The summed E-state index contributed by atoms with van der Waals surface area (Å²) in [5, 5.41) is 14.5. The Morgan fingerprint density at radius 3 is 2.56 bits per heavy atom. The molecule has 0 aliphatic rings. The van der Waals surface area contributed by atoms with E-state index in [1.807, 2.05) is 18.5 Å². The van der Waals surface area contributed by atoms with E-state index in [0.29, 0.717) is 5.92 Å². The van der Waals surface area contributed by atoms with Crippen molar-refractivity contribution in [2.24, 2.45) is 5.92 Å². The van der Waals surface area contributed by atoms with Gasteiger partial charge in [-0.2, -0.15) is 5.10 Å². The van der Waals surface area contributed by atoms with Gasteiger partial charge in [-0.1, -0.05) is 18.5 Å². The van der Waals surface area contributed by atoms with E-state index in [2.05, 4.69) is 18.9 Å². The van der Waals surface area contributed by atoms with Crippen LogP contribution in [0.25, 0.3) is 0 Å². The maximum atomic E-state index is 9.35. The second-order valence-electron chi connectivity index (χ2n) is 4.56. The molecule has 0 aliphatic heterocycles. The highest BCUT2D eigenvalue weighted by molar-refractivity contribution is 6.31. The summed E-state index contributed by atoms with van der Waals surface area (Å²) in [6, 6.07) is 0. The van der Waals surface area contributed by atoms with Crippen molar-refractivity contribution >= 4 is 11.6 Å². The average Bonchev–Trinajstić information content (AvgIpc) is 2.44. The van der Waals surface area contributed by atoms with Crippen molar-refractivity contribution in [1.29, 1.82) is 0 Å². The van der Waals surface area contributed by atoms with Crippen LogP contribution in [-0.2, 0) is 13.0 Å². The standard InChI is InChI=1S/C12H21ClN2O/c1-5-15-11(12(13)10(4)14-15)7-8(2)6-9(3)16/h8-9,16H,5-7H2,1-4H3. The second kappa shape index (κ2) is 5.69. The largest absolute Gasteiger partial charge is 0.393 e. The molecule has 0 spiro atoms. The molecule has 1 rings (SSSR count). The van der Waals surface area contributed by atoms with Gasteiger partial charge in [0.2, 0.25) is 0 Å². The zero-order valence-electron chi connectivity index (χ0n) is 10.5. The number of aliphatic hydroxyl groups is 1. The quantitative estimate of drug-likeness (QED) is 0.865. The topological polar surface area (TPSA) is 38.0 Å². The van der Waals surface area contributed by atoms with E-state index in [-0.39, 0.29) is 6.10 Å². The molecule has 92 valence electrons. The maximum absolute atomic E-state index is 9.35. The monoisotopic (exact) mass is 244 g/mol.